The Labute approximate surface area is 91.6 Å². The fourth-order valence-electron chi connectivity index (χ4n) is 2.62. The summed E-state index contributed by atoms with van der Waals surface area (Å²) in [6.07, 6.45) is 5.38. The quantitative estimate of drug-likeness (QED) is 0.755. The molecule has 0 aromatic carbocycles. The highest BCUT2D eigenvalue weighted by Crippen LogP contribution is 2.25. The summed E-state index contributed by atoms with van der Waals surface area (Å²) >= 11 is 0. The van der Waals surface area contributed by atoms with Gasteiger partial charge in [0.15, 0.2) is 0 Å². The molecule has 3 nitrogen and oxygen atoms in total. The van der Waals surface area contributed by atoms with Gasteiger partial charge in [0.25, 0.3) is 0 Å². The molecule has 0 aromatic rings. The average Bonchev–Trinajstić information content (AvgIpc) is 2.65. The molecular weight excluding hydrogens is 190 g/mol. The fourth-order valence-corrected chi connectivity index (χ4v) is 2.62. The zero-order valence-electron chi connectivity index (χ0n) is 9.50. The second-order valence-electron chi connectivity index (χ2n) is 5.01. The molecule has 0 spiro atoms. The Morgan fingerprint density at radius 3 is 2.53 bits per heavy atom. The summed E-state index contributed by atoms with van der Waals surface area (Å²) in [6, 6.07) is 0.440. The second-order valence-corrected chi connectivity index (χ2v) is 5.01. The van der Waals surface area contributed by atoms with E-state index in [1.165, 1.54) is 6.42 Å². The van der Waals surface area contributed by atoms with Crippen LogP contribution in [0, 0.1) is 11.8 Å². The predicted molar refractivity (Wildman–Crippen MR) is 58.5 cm³/mol. The molecule has 86 valence electrons. The van der Waals surface area contributed by atoms with Crippen LogP contribution in [0.5, 0.6) is 0 Å². The van der Waals surface area contributed by atoms with Crippen molar-refractivity contribution < 1.29 is 9.53 Å². The zero-order chi connectivity index (χ0) is 10.7. The lowest BCUT2D eigenvalue weighted by Crippen LogP contribution is -2.39. The lowest BCUT2D eigenvalue weighted by molar-refractivity contribution is -0.128. The van der Waals surface area contributed by atoms with E-state index in [0.29, 0.717) is 6.04 Å². The summed E-state index contributed by atoms with van der Waals surface area (Å²) in [5.74, 6) is 1.25. The summed E-state index contributed by atoms with van der Waals surface area (Å²) < 4.78 is 5.26. The van der Waals surface area contributed by atoms with E-state index in [2.05, 4.69) is 12.2 Å². The molecule has 15 heavy (non-hydrogen) atoms. The van der Waals surface area contributed by atoms with Gasteiger partial charge in [-0.05, 0) is 38.0 Å². The molecule has 0 radical (unpaired) electrons. The molecule has 2 atom stereocenters. The molecule has 2 rings (SSSR count). The van der Waals surface area contributed by atoms with Crippen LogP contribution < -0.4 is 5.32 Å². The van der Waals surface area contributed by atoms with Crippen molar-refractivity contribution in [1.29, 1.82) is 0 Å². The number of nitrogens with one attached hydrogen (secondary N) is 1. The molecule has 1 aliphatic heterocycles. The van der Waals surface area contributed by atoms with E-state index in [1.807, 2.05) is 0 Å². The number of rotatable bonds is 2. The Morgan fingerprint density at radius 1 is 1.20 bits per heavy atom. The molecule has 1 heterocycles. The van der Waals surface area contributed by atoms with Gasteiger partial charge in [-0.2, -0.15) is 0 Å². The predicted octanol–water partition coefficient (Wildman–Crippen LogP) is 1.72. The summed E-state index contributed by atoms with van der Waals surface area (Å²) in [4.78, 5) is 11.9. The fraction of sp³-hybridized carbons (Fsp3) is 0.917. The van der Waals surface area contributed by atoms with E-state index in [-0.39, 0.29) is 11.8 Å². The summed E-state index contributed by atoms with van der Waals surface area (Å²) in [7, 11) is 0. The first-order chi connectivity index (χ1) is 7.25. The first-order valence-corrected chi connectivity index (χ1v) is 6.14. The van der Waals surface area contributed by atoms with Crippen molar-refractivity contribution >= 4 is 5.91 Å². The first-order valence-electron chi connectivity index (χ1n) is 6.14. The highest BCUT2D eigenvalue weighted by molar-refractivity contribution is 5.79. The highest BCUT2D eigenvalue weighted by Gasteiger charge is 2.27. The van der Waals surface area contributed by atoms with Gasteiger partial charge in [0.05, 0.1) is 0 Å². The van der Waals surface area contributed by atoms with Crippen LogP contribution in [0.3, 0.4) is 0 Å². The second kappa shape index (κ2) is 4.97. The number of amides is 1. The van der Waals surface area contributed by atoms with E-state index in [9.17, 15) is 4.79 Å². The minimum absolute atomic E-state index is 0.203. The molecule has 0 aromatic heterocycles. The minimum Gasteiger partial charge on any atom is -0.381 e. The molecule has 3 heteroatoms. The Morgan fingerprint density at radius 2 is 1.93 bits per heavy atom. The van der Waals surface area contributed by atoms with Crippen LogP contribution in [-0.4, -0.2) is 25.2 Å². The lowest BCUT2D eigenvalue weighted by atomic mass is 9.99. The molecule has 2 aliphatic rings. The number of carbonyl (C=O) groups is 1. The van der Waals surface area contributed by atoms with Crippen LogP contribution in [-0.2, 0) is 9.53 Å². The van der Waals surface area contributed by atoms with Crippen molar-refractivity contribution in [2.45, 2.75) is 45.1 Å². The summed E-state index contributed by atoms with van der Waals surface area (Å²) in [6.45, 7) is 3.76. The van der Waals surface area contributed by atoms with Crippen molar-refractivity contribution in [2.75, 3.05) is 13.2 Å². The third-order valence-electron chi connectivity index (χ3n) is 3.63. The van der Waals surface area contributed by atoms with E-state index >= 15 is 0 Å². The molecule has 1 aliphatic carbocycles. The molecule has 1 saturated heterocycles. The molecule has 1 saturated carbocycles. The van der Waals surface area contributed by atoms with Crippen molar-refractivity contribution in [3.8, 4) is 0 Å². The smallest absolute Gasteiger partial charge is 0.223 e. The molecule has 0 bridgehead atoms. The van der Waals surface area contributed by atoms with E-state index < -0.39 is 0 Å². The van der Waals surface area contributed by atoms with Gasteiger partial charge in [0, 0.05) is 25.2 Å². The third-order valence-corrected chi connectivity index (χ3v) is 3.63. The SMILES string of the molecule is CC1CCC(NC(=O)C2CCOCC2)C1. The molecule has 1 amide bonds. The number of carbonyl (C=O) groups excluding carboxylic acids is 1. The maximum absolute atomic E-state index is 11.9. The van der Waals surface area contributed by atoms with Gasteiger partial charge >= 0.3 is 0 Å². The monoisotopic (exact) mass is 211 g/mol. The maximum Gasteiger partial charge on any atom is 0.223 e. The molecule has 1 N–H and O–H groups in total. The Balaban J connectivity index is 1.76. The van der Waals surface area contributed by atoms with Gasteiger partial charge in [-0.15, -0.1) is 0 Å². The van der Waals surface area contributed by atoms with Gasteiger partial charge in [0.1, 0.15) is 0 Å². The maximum atomic E-state index is 11.9. The van der Waals surface area contributed by atoms with Gasteiger partial charge in [-0.3, -0.25) is 4.79 Å². The number of ether oxygens (including phenoxy) is 1. The van der Waals surface area contributed by atoms with E-state index in [4.69, 9.17) is 4.74 Å². The molecular formula is C12H21NO2. The average molecular weight is 211 g/mol. The normalized spacial score (nSPS) is 32.9. The van der Waals surface area contributed by atoms with Crippen LogP contribution >= 0.6 is 0 Å². The first kappa shape index (κ1) is 10.9. The van der Waals surface area contributed by atoms with Crippen LogP contribution in [0.1, 0.15) is 39.0 Å². The van der Waals surface area contributed by atoms with Crippen LogP contribution in [0.25, 0.3) is 0 Å². The topological polar surface area (TPSA) is 38.3 Å². The zero-order valence-corrected chi connectivity index (χ0v) is 9.50. The Kier molecular flexibility index (Phi) is 3.62. The van der Waals surface area contributed by atoms with E-state index in [0.717, 1.165) is 44.8 Å². The van der Waals surface area contributed by atoms with Gasteiger partial charge < -0.3 is 10.1 Å². The van der Waals surface area contributed by atoms with Crippen LogP contribution in [0.4, 0.5) is 0 Å². The summed E-state index contributed by atoms with van der Waals surface area (Å²) in [5, 5.41) is 3.18. The summed E-state index contributed by atoms with van der Waals surface area (Å²) in [5.41, 5.74) is 0. The molecule has 2 fully saturated rings. The third kappa shape index (κ3) is 2.94. The largest absolute Gasteiger partial charge is 0.381 e. The van der Waals surface area contributed by atoms with Crippen molar-refractivity contribution in [3.05, 3.63) is 0 Å². The van der Waals surface area contributed by atoms with Crippen molar-refractivity contribution in [3.63, 3.8) is 0 Å². The Bertz CT molecular complexity index is 224. The minimum atomic E-state index is 0.203. The lowest BCUT2D eigenvalue weighted by Gasteiger charge is -2.23. The van der Waals surface area contributed by atoms with E-state index in [1.54, 1.807) is 0 Å². The van der Waals surface area contributed by atoms with Crippen LogP contribution in [0.2, 0.25) is 0 Å². The van der Waals surface area contributed by atoms with Crippen LogP contribution in [0.15, 0.2) is 0 Å². The molecule has 2 unspecified atom stereocenters. The van der Waals surface area contributed by atoms with Gasteiger partial charge in [0.2, 0.25) is 5.91 Å². The van der Waals surface area contributed by atoms with Crippen molar-refractivity contribution in [1.82, 2.24) is 5.32 Å². The van der Waals surface area contributed by atoms with Gasteiger partial charge in [-0.1, -0.05) is 6.92 Å². The van der Waals surface area contributed by atoms with Gasteiger partial charge in [-0.25, -0.2) is 0 Å². The van der Waals surface area contributed by atoms with Crippen molar-refractivity contribution in [2.24, 2.45) is 11.8 Å². The Hall–Kier alpha value is -0.570. The highest BCUT2D eigenvalue weighted by atomic mass is 16.5. The standard InChI is InChI=1S/C12H21NO2/c1-9-2-3-11(8-9)13-12(14)10-4-6-15-7-5-10/h9-11H,2-8H2,1H3,(H,13,14). The number of hydrogen-bond acceptors (Lipinski definition) is 2. The number of hydrogen-bond donors (Lipinski definition) is 1.